The predicted octanol–water partition coefficient (Wildman–Crippen LogP) is 3.69. The smallest absolute Gasteiger partial charge is 0.251 e. The van der Waals surface area contributed by atoms with Gasteiger partial charge in [-0.25, -0.2) is 0 Å². The molecule has 0 fully saturated rings. The van der Waals surface area contributed by atoms with E-state index in [0.717, 1.165) is 5.56 Å². The van der Waals surface area contributed by atoms with E-state index >= 15 is 0 Å². The number of methoxy groups -OCH3 is 2. The molecule has 0 radical (unpaired) electrons. The lowest BCUT2D eigenvalue weighted by Crippen LogP contribution is -2.35. The van der Waals surface area contributed by atoms with Crippen LogP contribution in [0.5, 0.6) is 11.5 Å². The van der Waals surface area contributed by atoms with E-state index in [-0.39, 0.29) is 18.6 Å². The van der Waals surface area contributed by atoms with E-state index in [1.165, 1.54) is 0 Å². The molecule has 1 amide bonds. The summed E-state index contributed by atoms with van der Waals surface area (Å²) in [5.74, 6) is 1.05. The van der Waals surface area contributed by atoms with E-state index in [1.807, 2.05) is 19.1 Å². The molecule has 0 heterocycles. The highest BCUT2D eigenvalue weighted by atomic mass is 35.5. The molecular weight excluding hydrogens is 342 g/mol. The molecule has 0 bridgehead atoms. The number of carbonyl (C=O) groups is 1. The fraction of sp³-hybridized carbons (Fsp3) is 0.316. The van der Waals surface area contributed by atoms with Crippen molar-refractivity contribution < 1.29 is 19.0 Å². The summed E-state index contributed by atoms with van der Waals surface area (Å²) in [5.41, 5.74) is 1.29. The molecule has 0 aliphatic rings. The highest BCUT2D eigenvalue weighted by molar-refractivity contribution is 6.32. The van der Waals surface area contributed by atoms with Crippen LogP contribution in [0, 0.1) is 0 Å². The monoisotopic (exact) mass is 363 g/mol. The lowest BCUT2D eigenvalue weighted by Gasteiger charge is -2.15. The summed E-state index contributed by atoms with van der Waals surface area (Å²) in [7, 11) is 3.18. The zero-order valence-electron chi connectivity index (χ0n) is 14.5. The summed E-state index contributed by atoms with van der Waals surface area (Å²) in [5, 5.41) is 3.41. The third-order valence-corrected chi connectivity index (χ3v) is 3.87. The SMILES string of the molecule is COC[C@H](C)NC(=O)c1ccc(OC)c(COc2ccccc2Cl)c1. The molecule has 1 N–H and O–H groups in total. The lowest BCUT2D eigenvalue weighted by molar-refractivity contribution is 0.0905. The molecule has 6 heteroatoms. The standard InChI is InChI=1S/C19H22ClNO4/c1-13(11-23-2)21-19(22)14-8-9-17(24-3)15(10-14)12-25-18-7-5-4-6-16(18)20/h4-10,13H,11-12H2,1-3H3,(H,21,22)/t13-/m0/s1. The largest absolute Gasteiger partial charge is 0.496 e. The van der Waals surface area contributed by atoms with Crippen LogP contribution in [-0.2, 0) is 11.3 Å². The molecular formula is C19H22ClNO4. The topological polar surface area (TPSA) is 56.8 Å². The molecule has 0 saturated heterocycles. The quantitative estimate of drug-likeness (QED) is 0.777. The van der Waals surface area contributed by atoms with Crippen molar-refractivity contribution in [3.8, 4) is 11.5 Å². The summed E-state index contributed by atoms with van der Waals surface area (Å²) in [6, 6.07) is 12.4. The number of hydrogen-bond donors (Lipinski definition) is 1. The first-order chi connectivity index (χ1) is 12.0. The van der Waals surface area contributed by atoms with E-state index in [1.54, 1.807) is 44.6 Å². The van der Waals surface area contributed by atoms with E-state index < -0.39 is 0 Å². The number of amides is 1. The number of para-hydroxylation sites is 1. The van der Waals surface area contributed by atoms with Gasteiger partial charge < -0.3 is 19.5 Å². The van der Waals surface area contributed by atoms with Crippen molar-refractivity contribution in [3.63, 3.8) is 0 Å². The van der Waals surface area contributed by atoms with Crippen molar-refractivity contribution in [2.45, 2.75) is 19.6 Å². The molecule has 1 atom stereocenters. The van der Waals surface area contributed by atoms with Crippen molar-refractivity contribution in [2.24, 2.45) is 0 Å². The van der Waals surface area contributed by atoms with Gasteiger partial charge in [-0.15, -0.1) is 0 Å². The minimum absolute atomic E-state index is 0.0811. The maximum absolute atomic E-state index is 12.3. The van der Waals surface area contributed by atoms with Crippen LogP contribution in [-0.4, -0.2) is 32.8 Å². The first-order valence-corrected chi connectivity index (χ1v) is 8.27. The van der Waals surface area contributed by atoms with Gasteiger partial charge in [0.1, 0.15) is 18.1 Å². The Labute approximate surface area is 152 Å². The van der Waals surface area contributed by atoms with Crippen LogP contribution in [0.15, 0.2) is 42.5 Å². The summed E-state index contributed by atoms with van der Waals surface area (Å²) in [4.78, 5) is 12.3. The van der Waals surface area contributed by atoms with E-state index in [9.17, 15) is 4.79 Å². The van der Waals surface area contributed by atoms with Crippen molar-refractivity contribution in [2.75, 3.05) is 20.8 Å². The van der Waals surface area contributed by atoms with Gasteiger partial charge in [0.2, 0.25) is 0 Å². The number of carbonyl (C=O) groups excluding carboxylic acids is 1. The van der Waals surface area contributed by atoms with Crippen LogP contribution in [0.4, 0.5) is 0 Å². The molecule has 0 aromatic heterocycles. The summed E-state index contributed by atoms with van der Waals surface area (Å²) >= 11 is 6.10. The van der Waals surface area contributed by atoms with Gasteiger partial charge in [-0.2, -0.15) is 0 Å². The Bertz CT molecular complexity index is 720. The van der Waals surface area contributed by atoms with Crippen molar-refractivity contribution in [3.05, 3.63) is 58.6 Å². The highest BCUT2D eigenvalue weighted by Crippen LogP contribution is 2.26. The average Bonchev–Trinajstić information content (AvgIpc) is 2.61. The Morgan fingerprint density at radius 2 is 1.92 bits per heavy atom. The average molecular weight is 364 g/mol. The fourth-order valence-electron chi connectivity index (χ4n) is 2.35. The number of benzene rings is 2. The van der Waals surface area contributed by atoms with E-state index in [2.05, 4.69) is 5.32 Å². The second-order valence-corrected chi connectivity index (χ2v) is 5.98. The van der Waals surface area contributed by atoms with E-state index in [0.29, 0.717) is 28.7 Å². The maximum atomic E-state index is 12.3. The molecule has 0 saturated carbocycles. The molecule has 2 aromatic rings. The number of hydrogen-bond acceptors (Lipinski definition) is 4. The van der Waals surface area contributed by atoms with E-state index in [4.69, 9.17) is 25.8 Å². The molecule has 0 aliphatic heterocycles. The van der Waals surface area contributed by atoms with Gasteiger partial charge in [-0.05, 0) is 37.3 Å². The van der Waals surface area contributed by atoms with Crippen LogP contribution in [0.25, 0.3) is 0 Å². The van der Waals surface area contributed by atoms with Gasteiger partial charge in [0, 0.05) is 24.3 Å². The number of nitrogens with one attached hydrogen (secondary N) is 1. The number of ether oxygens (including phenoxy) is 3. The molecule has 0 spiro atoms. The van der Waals surface area contributed by atoms with Gasteiger partial charge in [0.25, 0.3) is 5.91 Å². The zero-order chi connectivity index (χ0) is 18.2. The second-order valence-electron chi connectivity index (χ2n) is 5.58. The summed E-state index contributed by atoms with van der Waals surface area (Å²) in [6.07, 6.45) is 0. The highest BCUT2D eigenvalue weighted by Gasteiger charge is 2.13. The minimum Gasteiger partial charge on any atom is -0.496 e. The van der Waals surface area contributed by atoms with Gasteiger partial charge >= 0.3 is 0 Å². The third-order valence-electron chi connectivity index (χ3n) is 3.56. The molecule has 5 nitrogen and oxygen atoms in total. The van der Waals surface area contributed by atoms with Crippen LogP contribution >= 0.6 is 11.6 Å². The zero-order valence-corrected chi connectivity index (χ0v) is 15.3. The lowest BCUT2D eigenvalue weighted by atomic mass is 10.1. The Balaban J connectivity index is 2.13. The molecule has 25 heavy (non-hydrogen) atoms. The fourth-order valence-corrected chi connectivity index (χ4v) is 2.54. The molecule has 134 valence electrons. The Morgan fingerprint density at radius 1 is 1.16 bits per heavy atom. The summed E-state index contributed by atoms with van der Waals surface area (Å²) in [6.45, 7) is 2.57. The number of halogens is 1. The Hall–Kier alpha value is -2.24. The van der Waals surface area contributed by atoms with Crippen LogP contribution in [0.2, 0.25) is 5.02 Å². The van der Waals surface area contributed by atoms with Crippen molar-refractivity contribution in [1.29, 1.82) is 0 Å². The predicted molar refractivity (Wildman–Crippen MR) is 97.6 cm³/mol. The maximum Gasteiger partial charge on any atom is 0.251 e. The third kappa shape index (κ3) is 5.37. The van der Waals surface area contributed by atoms with Gasteiger partial charge in [0.05, 0.1) is 18.7 Å². The first kappa shape index (κ1) is 19.1. The van der Waals surface area contributed by atoms with Crippen LogP contribution in [0.1, 0.15) is 22.8 Å². The summed E-state index contributed by atoms with van der Waals surface area (Å²) < 4.78 is 16.1. The van der Waals surface area contributed by atoms with Gasteiger partial charge in [-0.1, -0.05) is 23.7 Å². The van der Waals surface area contributed by atoms with Crippen LogP contribution < -0.4 is 14.8 Å². The molecule has 0 aliphatic carbocycles. The van der Waals surface area contributed by atoms with Gasteiger partial charge in [-0.3, -0.25) is 4.79 Å². The number of rotatable bonds is 8. The molecule has 2 aromatic carbocycles. The first-order valence-electron chi connectivity index (χ1n) is 7.89. The Morgan fingerprint density at radius 3 is 2.60 bits per heavy atom. The molecule has 0 unspecified atom stereocenters. The second kappa shape index (κ2) is 9.30. The van der Waals surface area contributed by atoms with Crippen molar-refractivity contribution in [1.82, 2.24) is 5.32 Å². The molecule has 2 rings (SSSR count). The normalized spacial score (nSPS) is 11.7. The van der Waals surface area contributed by atoms with Crippen molar-refractivity contribution >= 4 is 17.5 Å². The van der Waals surface area contributed by atoms with Crippen LogP contribution in [0.3, 0.4) is 0 Å². The minimum atomic E-state index is -0.175. The van der Waals surface area contributed by atoms with Gasteiger partial charge in [0.15, 0.2) is 0 Å². The Kier molecular flexibility index (Phi) is 7.10.